The van der Waals surface area contributed by atoms with Gasteiger partial charge < -0.3 is 5.32 Å². The highest BCUT2D eigenvalue weighted by Crippen LogP contribution is 2.12. The number of rotatable bonds is 6. The number of alkyl halides is 1. The van der Waals surface area contributed by atoms with Crippen LogP contribution in [0.5, 0.6) is 0 Å². The first kappa shape index (κ1) is 15.1. The number of nitrogens with zero attached hydrogens (tertiary/aromatic N) is 2. The van der Waals surface area contributed by atoms with E-state index in [4.69, 9.17) is 0 Å². The number of halogens is 1. The normalized spacial score (nSPS) is 12.1. The number of carbonyl (C=O) groups excluding carboxylic acids is 1. The molecule has 2 aromatic rings. The highest BCUT2D eigenvalue weighted by Gasteiger charge is 2.18. The molecule has 0 aliphatic carbocycles. The predicted octanol–water partition coefficient (Wildman–Crippen LogP) is 2.84. The molecule has 1 atom stereocenters. The number of aromatic nitrogens is 2. The molecule has 0 radical (unpaired) electrons. The van der Waals surface area contributed by atoms with E-state index in [1.54, 1.807) is 0 Å². The van der Waals surface area contributed by atoms with Gasteiger partial charge in [-0.3, -0.25) is 4.79 Å². The number of hydrogen-bond acceptors (Lipinski definition) is 4. The van der Waals surface area contributed by atoms with Crippen molar-refractivity contribution in [2.75, 3.05) is 5.33 Å². The van der Waals surface area contributed by atoms with Gasteiger partial charge in [0.2, 0.25) is 0 Å². The van der Waals surface area contributed by atoms with Gasteiger partial charge in [0.1, 0.15) is 4.88 Å². The molecule has 1 aromatic carbocycles. The monoisotopic (exact) mass is 353 g/mol. The number of nitrogens with one attached hydrogen (secondary N) is 1. The Balaban J connectivity index is 2.01. The summed E-state index contributed by atoms with van der Waals surface area (Å²) in [6, 6.07) is 10.2. The van der Waals surface area contributed by atoms with Crippen molar-refractivity contribution in [3.05, 3.63) is 46.5 Å². The highest BCUT2D eigenvalue weighted by atomic mass is 79.9. The van der Waals surface area contributed by atoms with Crippen LogP contribution in [0, 0.1) is 0 Å². The van der Waals surface area contributed by atoms with E-state index >= 15 is 0 Å². The van der Waals surface area contributed by atoms with E-state index < -0.39 is 0 Å². The fourth-order valence-corrected chi connectivity index (χ4v) is 2.95. The molecule has 0 saturated heterocycles. The van der Waals surface area contributed by atoms with E-state index in [0.29, 0.717) is 10.2 Å². The third-order valence-corrected chi connectivity index (χ3v) is 4.49. The Hall–Kier alpha value is -1.27. The number of hydrogen-bond donors (Lipinski definition) is 1. The minimum absolute atomic E-state index is 0.0525. The summed E-state index contributed by atoms with van der Waals surface area (Å²) in [5, 5.41) is 7.72. The maximum atomic E-state index is 12.2. The molecular weight excluding hydrogens is 338 g/mol. The molecule has 106 valence electrons. The minimum atomic E-state index is -0.0859. The van der Waals surface area contributed by atoms with Gasteiger partial charge in [-0.2, -0.15) is 0 Å². The van der Waals surface area contributed by atoms with Crippen LogP contribution in [0.2, 0.25) is 0 Å². The van der Waals surface area contributed by atoms with Crippen molar-refractivity contribution in [3.8, 4) is 0 Å². The smallest absolute Gasteiger partial charge is 0.265 e. The predicted molar refractivity (Wildman–Crippen MR) is 84.5 cm³/mol. The average Bonchev–Trinajstić information content (AvgIpc) is 2.96. The topological polar surface area (TPSA) is 54.9 Å². The van der Waals surface area contributed by atoms with Crippen molar-refractivity contribution in [1.82, 2.24) is 14.9 Å². The van der Waals surface area contributed by atoms with E-state index in [2.05, 4.69) is 43.0 Å². The molecule has 6 heteroatoms. The van der Waals surface area contributed by atoms with Gasteiger partial charge in [-0.1, -0.05) is 57.7 Å². The Labute approximate surface area is 130 Å². The summed E-state index contributed by atoms with van der Waals surface area (Å²) in [6.45, 7) is 1.97. The molecule has 1 heterocycles. The van der Waals surface area contributed by atoms with E-state index in [9.17, 15) is 4.79 Å². The lowest BCUT2D eigenvalue weighted by Crippen LogP contribution is -2.37. The third-order valence-electron chi connectivity index (χ3n) is 2.94. The number of carbonyl (C=O) groups is 1. The second-order valence-corrected chi connectivity index (χ2v) is 5.82. The summed E-state index contributed by atoms with van der Waals surface area (Å²) in [4.78, 5) is 12.9. The van der Waals surface area contributed by atoms with Crippen molar-refractivity contribution >= 4 is 33.4 Å². The summed E-state index contributed by atoms with van der Waals surface area (Å²) in [5.41, 5.74) is 1.97. The van der Waals surface area contributed by atoms with Crippen molar-refractivity contribution in [2.24, 2.45) is 0 Å². The van der Waals surface area contributed by atoms with Gasteiger partial charge in [-0.25, -0.2) is 0 Å². The van der Waals surface area contributed by atoms with Gasteiger partial charge >= 0.3 is 0 Å². The second-order valence-electron chi connectivity index (χ2n) is 4.42. The Bertz CT molecular complexity index is 559. The molecule has 0 bridgehead atoms. The zero-order chi connectivity index (χ0) is 14.4. The van der Waals surface area contributed by atoms with E-state index in [1.165, 1.54) is 5.56 Å². The molecule has 0 aliphatic heterocycles. The molecule has 1 aromatic heterocycles. The van der Waals surface area contributed by atoms with Crippen LogP contribution in [-0.2, 0) is 12.8 Å². The quantitative estimate of drug-likeness (QED) is 0.812. The second kappa shape index (κ2) is 7.50. The summed E-state index contributed by atoms with van der Waals surface area (Å²) >= 11 is 4.61. The molecule has 20 heavy (non-hydrogen) atoms. The average molecular weight is 354 g/mol. The summed E-state index contributed by atoms with van der Waals surface area (Å²) in [5.74, 6) is -0.0859. The fourth-order valence-electron chi connectivity index (χ4n) is 1.91. The van der Waals surface area contributed by atoms with E-state index in [0.717, 1.165) is 30.1 Å². The van der Waals surface area contributed by atoms with Gasteiger partial charge in [0.25, 0.3) is 5.91 Å². The van der Waals surface area contributed by atoms with Gasteiger partial charge in [-0.15, -0.1) is 5.10 Å². The first-order valence-electron chi connectivity index (χ1n) is 6.46. The molecular formula is C14H16BrN3OS. The standard InChI is InChI=1S/C14H16BrN3OS/c1-2-12-13(20-18-17-12)14(19)16-11(9-15)8-10-6-4-3-5-7-10/h3-7,11H,2,8-9H2,1H3,(H,16,19). The van der Waals surface area contributed by atoms with Crippen molar-refractivity contribution in [1.29, 1.82) is 0 Å². The van der Waals surface area contributed by atoms with Crippen LogP contribution < -0.4 is 5.32 Å². The minimum Gasteiger partial charge on any atom is -0.347 e. The summed E-state index contributed by atoms with van der Waals surface area (Å²) < 4.78 is 3.85. The Morgan fingerprint density at radius 1 is 1.40 bits per heavy atom. The molecule has 1 amide bonds. The molecule has 4 nitrogen and oxygen atoms in total. The van der Waals surface area contributed by atoms with Crippen molar-refractivity contribution in [2.45, 2.75) is 25.8 Å². The van der Waals surface area contributed by atoms with Crippen LogP contribution in [0.25, 0.3) is 0 Å². The van der Waals surface area contributed by atoms with Crippen LogP contribution in [0.3, 0.4) is 0 Å². The molecule has 0 aliphatic rings. The lowest BCUT2D eigenvalue weighted by atomic mass is 10.1. The number of benzene rings is 1. The lowest BCUT2D eigenvalue weighted by molar-refractivity contribution is 0.0944. The zero-order valence-electron chi connectivity index (χ0n) is 11.2. The lowest BCUT2D eigenvalue weighted by Gasteiger charge is -2.16. The van der Waals surface area contributed by atoms with E-state index in [-0.39, 0.29) is 11.9 Å². The van der Waals surface area contributed by atoms with Crippen molar-refractivity contribution < 1.29 is 4.79 Å². The summed E-state index contributed by atoms with van der Waals surface area (Å²) in [6.07, 6.45) is 1.52. The molecule has 0 saturated carbocycles. The first-order chi connectivity index (χ1) is 9.74. The molecule has 0 fully saturated rings. The van der Waals surface area contributed by atoms with Gasteiger partial charge in [0.05, 0.1) is 5.69 Å². The maximum Gasteiger partial charge on any atom is 0.265 e. The van der Waals surface area contributed by atoms with Crippen molar-refractivity contribution in [3.63, 3.8) is 0 Å². The number of aryl methyl sites for hydroxylation is 1. The summed E-state index contributed by atoms with van der Waals surface area (Å²) in [7, 11) is 0. The third kappa shape index (κ3) is 3.86. The van der Waals surface area contributed by atoms with Crippen LogP contribution in [-0.4, -0.2) is 26.9 Å². The van der Waals surface area contributed by atoms with E-state index in [1.807, 2.05) is 25.1 Å². The van der Waals surface area contributed by atoms with Gasteiger partial charge in [-0.05, 0) is 29.9 Å². The Morgan fingerprint density at radius 2 is 2.15 bits per heavy atom. The molecule has 1 N–H and O–H groups in total. The number of amides is 1. The maximum absolute atomic E-state index is 12.2. The van der Waals surface area contributed by atoms with Crippen LogP contribution in [0.4, 0.5) is 0 Å². The Morgan fingerprint density at radius 3 is 2.80 bits per heavy atom. The first-order valence-corrected chi connectivity index (χ1v) is 8.36. The fraction of sp³-hybridized carbons (Fsp3) is 0.357. The van der Waals surface area contributed by atoms with Gasteiger partial charge in [0.15, 0.2) is 0 Å². The molecule has 0 spiro atoms. The van der Waals surface area contributed by atoms with Crippen LogP contribution >= 0.6 is 27.5 Å². The Kier molecular flexibility index (Phi) is 5.67. The van der Waals surface area contributed by atoms with Crippen LogP contribution in [0.1, 0.15) is 27.9 Å². The van der Waals surface area contributed by atoms with Gasteiger partial charge in [0, 0.05) is 11.4 Å². The largest absolute Gasteiger partial charge is 0.347 e. The molecule has 1 unspecified atom stereocenters. The highest BCUT2D eigenvalue weighted by molar-refractivity contribution is 9.09. The SMILES string of the molecule is CCc1nnsc1C(=O)NC(CBr)Cc1ccccc1. The zero-order valence-corrected chi connectivity index (χ0v) is 13.6. The van der Waals surface area contributed by atoms with Crippen LogP contribution in [0.15, 0.2) is 30.3 Å². The molecule has 2 rings (SSSR count).